The van der Waals surface area contributed by atoms with Gasteiger partial charge in [0.15, 0.2) is 0 Å². The van der Waals surface area contributed by atoms with Crippen molar-refractivity contribution in [3.63, 3.8) is 0 Å². The first-order valence-electron chi connectivity index (χ1n) is 8.81. The van der Waals surface area contributed by atoms with E-state index in [1.165, 1.54) is 0 Å². The van der Waals surface area contributed by atoms with Gasteiger partial charge in [-0.15, -0.1) is 0 Å². The summed E-state index contributed by atoms with van der Waals surface area (Å²) in [6, 6.07) is 18.2. The predicted molar refractivity (Wildman–Crippen MR) is 107 cm³/mol. The molecule has 3 rings (SSSR count). The highest BCUT2D eigenvalue weighted by atomic mass is 16.5. The van der Waals surface area contributed by atoms with Crippen molar-refractivity contribution in [2.45, 2.75) is 13.8 Å². The summed E-state index contributed by atoms with van der Waals surface area (Å²) in [4.78, 5) is 12.3. The minimum Gasteiger partial charge on any atom is -0.507 e. The Balaban J connectivity index is 1.64. The van der Waals surface area contributed by atoms with Crippen LogP contribution in [0.5, 0.6) is 11.5 Å². The van der Waals surface area contributed by atoms with Crippen molar-refractivity contribution in [1.82, 2.24) is 5.43 Å². The summed E-state index contributed by atoms with van der Waals surface area (Å²) < 4.78 is 5.63. The third kappa shape index (κ3) is 4.85. The van der Waals surface area contributed by atoms with Gasteiger partial charge in [-0.05, 0) is 58.7 Å². The van der Waals surface area contributed by atoms with Crippen LogP contribution in [-0.2, 0) is 0 Å². The number of amides is 1. The average Bonchev–Trinajstić information content (AvgIpc) is 2.66. The third-order valence-electron chi connectivity index (χ3n) is 3.95. The Labute approximate surface area is 158 Å². The van der Waals surface area contributed by atoms with Crippen molar-refractivity contribution < 1.29 is 14.6 Å². The molecule has 0 saturated heterocycles. The molecule has 2 N–H and O–H groups in total. The van der Waals surface area contributed by atoms with Crippen LogP contribution in [0.1, 0.15) is 29.8 Å². The van der Waals surface area contributed by atoms with Gasteiger partial charge in [-0.25, -0.2) is 5.43 Å². The summed E-state index contributed by atoms with van der Waals surface area (Å²) in [6.45, 7) is 4.85. The van der Waals surface area contributed by atoms with Crippen molar-refractivity contribution in [2.75, 3.05) is 6.61 Å². The number of carbonyl (C=O) groups excluding carboxylic acids is 1. The molecule has 1 amide bonds. The summed E-state index contributed by atoms with van der Waals surface area (Å²) in [5, 5.41) is 15.8. The number of fused-ring (bicyclic) bond motifs is 1. The fraction of sp³-hybridized carbons (Fsp3) is 0.182. The molecule has 0 radical (unpaired) electrons. The van der Waals surface area contributed by atoms with Gasteiger partial charge in [0, 0.05) is 0 Å². The standard InChI is InChI=1S/C22H22N2O3/c1-15(2)14-27-19-9-7-16(8-10-19)13-23-24-22(26)20-11-17-5-3-4-6-18(17)12-21(20)25/h3-13,15,25H,14H2,1-2H3,(H,24,26)/b23-13+. The van der Waals surface area contributed by atoms with Crippen molar-refractivity contribution in [3.05, 3.63) is 71.8 Å². The van der Waals surface area contributed by atoms with E-state index in [1.807, 2.05) is 48.5 Å². The molecule has 138 valence electrons. The molecule has 0 aliphatic rings. The molecule has 0 aromatic heterocycles. The second-order valence-electron chi connectivity index (χ2n) is 6.69. The van der Waals surface area contributed by atoms with Gasteiger partial charge in [0.05, 0.1) is 18.4 Å². The molecule has 27 heavy (non-hydrogen) atoms. The maximum atomic E-state index is 12.3. The molecule has 0 atom stereocenters. The van der Waals surface area contributed by atoms with E-state index in [1.54, 1.807) is 18.3 Å². The van der Waals surface area contributed by atoms with Gasteiger partial charge >= 0.3 is 0 Å². The monoisotopic (exact) mass is 362 g/mol. The van der Waals surface area contributed by atoms with Crippen LogP contribution in [0, 0.1) is 5.92 Å². The number of ether oxygens (including phenoxy) is 1. The second-order valence-corrected chi connectivity index (χ2v) is 6.69. The largest absolute Gasteiger partial charge is 0.507 e. The minimum atomic E-state index is -0.466. The average molecular weight is 362 g/mol. The molecule has 0 fully saturated rings. The van der Waals surface area contributed by atoms with Crippen molar-refractivity contribution in [1.29, 1.82) is 0 Å². The van der Waals surface area contributed by atoms with Crippen molar-refractivity contribution in [2.24, 2.45) is 11.0 Å². The number of aromatic hydroxyl groups is 1. The Hall–Kier alpha value is -3.34. The fourth-order valence-corrected chi connectivity index (χ4v) is 2.55. The molecule has 0 unspecified atom stereocenters. The van der Waals surface area contributed by atoms with Crippen molar-refractivity contribution in [3.8, 4) is 11.5 Å². The minimum absolute atomic E-state index is 0.0759. The van der Waals surface area contributed by atoms with Gasteiger partial charge < -0.3 is 9.84 Å². The van der Waals surface area contributed by atoms with Gasteiger partial charge in [0.2, 0.25) is 0 Å². The summed E-state index contributed by atoms with van der Waals surface area (Å²) in [5.41, 5.74) is 3.46. The Bertz CT molecular complexity index is 963. The first-order valence-corrected chi connectivity index (χ1v) is 8.81. The number of benzene rings is 3. The van der Waals surface area contributed by atoms with E-state index < -0.39 is 5.91 Å². The molecule has 0 bridgehead atoms. The quantitative estimate of drug-likeness (QED) is 0.506. The zero-order valence-electron chi connectivity index (χ0n) is 15.3. The van der Waals surface area contributed by atoms with Crippen LogP contribution in [0.3, 0.4) is 0 Å². The van der Waals surface area contributed by atoms with E-state index in [-0.39, 0.29) is 11.3 Å². The zero-order valence-corrected chi connectivity index (χ0v) is 15.3. The Morgan fingerprint density at radius 3 is 2.44 bits per heavy atom. The van der Waals surface area contributed by atoms with Gasteiger partial charge in [0.25, 0.3) is 5.91 Å². The van der Waals surface area contributed by atoms with E-state index >= 15 is 0 Å². The Morgan fingerprint density at radius 1 is 1.11 bits per heavy atom. The highest BCUT2D eigenvalue weighted by Gasteiger charge is 2.11. The van der Waals surface area contributed by atoms with E-state index in [0.29, 0.717) is 12.5 Å². The Kier molecular flexibility index (Phi) is 5.71. The van der Waals surface area contributed by atoms with E-state index in [0.717, 1.165) is 22.1 Å². The maximum Gasteiger partial charge on any atom is 0.275 e. The molecular formula is C22H22N2O3. The summed E-state index contributed by atoms with van der Waals surface area (Å²) in [6.07, 6.45) is 1.54. The molecule has 5 heteroatoms. The zero-order chi connectivity index (χ0) is 19.2. The normalized spacial score (nSPS) is 11.2. The highest BCUT2D eigenvalue weighted by molar-refractivity contribution is 6.01. The van der Waals surface area contributed by atoms with Gasteiger partial charge in [-0.2, -0.15) is 5.10 Å². The van der Waals surface area contributed by atoms with Crippen LogP contribution in [0.15, 0.2) is 65.8 Å². The van der Waals surface area contributed by atoms with Crippen molar-refractivity contribution >= 4 is 22.9 Å². The van der Waals surface area contributed by atoms with Crippen LogP contribution in [-0.4, -0.2) is 23.8 Å². The lowest BCUT2D eigenvalue weighted by molar-refractivity contribution is 0.0952. The van der Waals surface area contributed by atoms with E-state index in [4.69, 9.17) is 4.74 Å². The summed E-state index contributed by atoms with van der Waals surface area (Å²) >= 11 is 0. The molecule has 0 aliphatic carbocycles. The van der Waals surface area contributed by atoms with Crippen LogP contribution >= 0.6 is 0 Å². The number of phenolic OH excluding ortho intramolecular Hbond substituents is 1. The first-order chi connectivity index (χ1) is 13.0. The number of phenols is 1. The second kappa shape index (κ2) is 8.36. The molecule has 0 aliphatic heterocycles. The molecule has 0 spiro atoms. The molecule has 0 heterocycles. The smallest absolute Gasteiger partial charge is 0.275 e. The number of hydrogen-bond acceptors (Lipinski definition) is 4. The highest BCUT2D eigenvalue weighted by Crippen LogP contribution is 2.24. The lowest BCUT2D eigenvalue weighted by Gasteiger charge is -2.08. The number of hydrazone groups is 1. The lowest BCUT2D eigenvalue weighted by atomic mass is 10.1. The number of hydrogen-bond donors (Lipinski definition) is 2. The summed E-state index contributed by atoms with van der Waals surface area (Å²) in [7, 11) is 0. The molecule has 5 nitrogen and oxygen atoms in total. The van der Waals surface area contributed by atoms with Crippen LogP contribution in [0.25, 0.3) is 10.8 Å². The van der Waals surface area contributed by atoms with Gasteiger partial charge in [0.1, 0.15) is 11.5 Å². The third-order valence-corrected chi connectivity index (χ3v) is 3.95. The molecule has 3 aromatic carbocycles. The fourth-order valence-electron chi connectivity index (χ4n) is 2.55. The summed E-state index contributed by atoms with van der Waals surface area (Å²) in [5.74, 6) is 0.721. The number of nitrogens with one attached hydrogen (secondary N) is 1. The number of rotatable bonds is 6. The SMILES string of the molecule is CC(C)COc1ccc(/C=N/NC(=O)c2cc3ccccc3cc2O)cc1. The van der Waals surface area contributed by atoms with Gasteiger partial charge in [-0.3, -0.25) is 4.79 Å². The number of nitrogens with zero attached hydrogens (tertiary/aromatic N) is 1. The predicted octanol–water partition coefficient (Wildman–Crippen LogP) is 4.34. The first kappa shape index (κ1) is 18.5. The molecular weight excluding hydrogens is 340 g/mol. The maximum absolute atomic E-state index is 12.3. The van der Waals surface area contributed by atoms with E-state index in [2.05, 4.69) is 24.4 Å². The van der Waals surface area contributed by atoms with Crippen LogP contribution in [0.2, 0.25) is 0 Å². The topological polar surface area (TPSA) is 70.9 Å². The van der Waals surface area contributed by atoms with Crippen LogP contribution < -0.4 is 10.2 Å². The number of carbonyl (C=O) groups is 1. The molecule has 3 aromatic rings. The van der Waals surface area contributed by atoms with E-state index in [9.17, 15) is 9.90 Å². The Morgan fingerprint density at radius 2 is 1.78 bits per heavy atom. The van der Waals surface area contributed by atoms with Gasteiger partial charge in [-0.1, -0.05) is 38.1 Å². The lowest BCUT2D eigenvalue weighted by Crippen LogP contribution is -2.17. The van der Waals surface area contributed by atoms with Crippen LogP contribution in [0.4, 0.5) is 0 Å². The molecule has 0 saturated carbocycles.